The SMILES string of the molecule is Cc1ccccc1-c1cc(C(OCc2ccccc2[N+](=O)[O-])c2cncn2C)ccc1C#N. The third-order valence-corrected chi connectivity index (χ3v) is 5.62. The Bertz CT molecular complexity index is 1350. The van der Waals surface area contributed by atoms with E-state index < -0.39 is 11.0 Å². The van der Waals surface area contributed by atoms with E-state index in [4.69, 9.17) is 4.74 Å². The van der Waals surface area contributed by atoms with Crippen LogP contribution >= 0.6 is 0 Å². The molecule has 4 rings (SSSR count). The van der Waals surface area contributed by atoms with Gasteiger partial charge in [0.1, 0.15) is 6.10 Å². The molecule has 1 unspecified atom stereocenters. The lowest BCUT2D eigenvalue weighted by Gasteiger charge is -2.20. The number of nitro groups is 1. The molecule has 7 heteroatoms. The molecule has 0 aliphatic carbocycles. The molecule has 0 radical (unpaired) electrons. The largest absolute Gasteiger partial charge is 0.362 e. The second-order valence-corrected chi connectivity index (χ2v) is 7.74. The fourth-order valence-electron chi connectivity index (χ4n) is 3.88. The van der Waals surface area contributed by atoms with Gasteiger partial charge in [0.25, 0.3) is 5.69 Å². The topological polar surface area (TPSA) is 94.0 Å². The van der Waals surface area contributed by atoms with Crippen molar-refractivity contribution in [1.82, 2.24) is 9.55 Å². The molecule has 0 aliphatic heterocycles. The fourth-order valence-corrected chi connectivity index (χ4v) is 3.88. The molecule has 4 aromatic rings. The summed E-state index contributed by atoms with van der Waals surface area (Å²) in [6, 6.07) is 22.3. The zero-order chi connectivity index (χ0) is 23.4. The summed E-state index contributed by atoms with van der Waals surface area (Å²) in [5, 5.41) is 21.1. The van der Waals surface area contributed by atoms with Gasteiger partial charge in [-0.25, -0.2) is 4.98 Å². The van der Waals surface area contributed by atoms with Gasteiger partial charge in [-0.15, -0.1) is 0 Å². The number of nitriles is 1. The molecule has 1 heterocycles. The number of rotatable bonds is 7. The molecule has 0 amide bonds. The highest BCUT2D eigenvalue weighted by atomic mass is 16.6. The minimum atomic E-state index is -0.534. The number of nitro benzene ring substituents is 1. The molecule has 164 valence electrons. The molecule has 0 aliphatic rings. The van der Waals surface area contributed by atoms with Crippen LogP contribution in [0.5, 0.6) is 0 Å². The van der Waals surface area contributed by atoms with Crippen LogP contribution in [0, 0.1) is 28.4 Å². The number of ether oxygens (including phenoxy) is 1. The van der Waals surface area contributed by atoms with Gasteiger partial charge >= 0.3 is 0 Å². The van der Waals surface area contributed by atoms with E-state index in [0.29, 0.717) is 11.1 Å². The first-order valence-corrected chi connectivity index (χ1v) is 10.4. The Morgan fingerprint density at radius 1 is 1.12 bits per heavy atom. The fraction of sp³-hybridized carbons (Fsp3) is 0.154. The van der Waals surface area contributed by atoms with E-state index in [1.54, 1.807) is 36.8 Å². The van der Waals surface area contributed by atoms with E-state index in [2.05, 4.69) is 11.1 Å². The maximum atomic E-state index is 11.4. The second-order valence-electron chi connectivity index (χ2n) is 7.74. The highest BCUT2D eigenvalue weighted by Gasteiger charge is 2.22. The summed E-state index contributed by atoms with van der Waals surface area (Å²) in [4.78, 5) is 15.2. The molecule has 3 aromatic carbocycles. The quantitative estimate of drug-likeness (QED) is 0.281. The number of hydrogen-bond acceptors (Lipinski definition) is 5. The molecule has 0 N–H and O–H groups in total. The molecular weight excluding hydrogens is 416 g/mol. The van der Waals surface area contributed by atoms with Gasteiger partial charge < -0.3 is 9.30 Å². The minimum Gasteiger partial charge on any atom is -0.362 e. The Labute approximate surface area is 191 Å². The number of nitrogens with zero attached hydrogens (tertiary/aromatic N) is 4. The van der Waals surface area contributed by atoms with Crippen molar-refractivity contribution in [3.05, 3.63) is 117 Å². The first kappa shape index (κ1) is 21.9. The van der Waals surface area contributed by atoms with E-state index in [1.165, 1.54) is 6.07 Å². The van der Waals surface area contributed by atoms with Gasteiger partial charge in [-0.3, -0.25) is 10.1 Å². The highest BCUT2D eigenvalue weighted by Crippen LogP contribution is 2.34. The number of para-hydroxylation sites is 1. The van der Waals surface area contributed by atoms with Crippen molar-refractivity contribution in [2.75, 3.05) is 0 Å². The summed E-state index contributed by atoms with van der Waals surface area (Å²) >= 11 is 0. The number of aromatic nitrogens is 2. The molecular formula is C26H22N4O3. The van der Waals surface area contributed by atoms with Crippen molar-refractivity contribution >= 4 is 5.69 Å². The summed E-state index contributed by atoms with van der Waals surface area (Å²) in [6.07, 6.45) is 2.87. The molecule has 0 saturated carbocycles. The lowest BCUT2D eigenvalue weighted by molar-refractivity contribution is -0.386. The molecule has 0 bridgehead atoms. The molecule has 0 fully saturated rings. The van der Waals surface area contributed by atoms with Crippen molar-refractivity contribution in [2.45, 2.75) is 19.6 Å². The molecule has 0 saturated heterocycles. The summed E-state index contributed by atoms with van der Waals surface area (Å²) in [5.41, 5.74) is 5.54. The number of aryl methyl sites for hydroxylation is 2. The summed E-state index contributed by atoms with van der Waals surface area (Å²) in [7, 11) is 1.87. The van der Waals surface area contributed by atoms with E-state index in [-0.39, 0.29) is 12.3 Å². The van der Waals surface area contributed by atoms with Gasteiger partial charge in [-0.2, -0.15) is 5.26 Å². The van der Waals surface area contributed by atoms with Gasteiger partial charge in [0.2, 0.25) is 0 Å². The second kappa shape index (κ2) is 9.47. The van der Waals surface area contributed by atoms with Gasteiger partial charge in [0.15, 0.2) is 0 Å². The van der Waals surface area contributed by atoms with Crippen LogP contribution < -0.4 is 0 Å². The predicted molar refractivity (Wildman–Crippen MR) is 124 cm³/mol. The van der Waals surface area contributed by atoms with Gasteiger partial charge in [-0.1, -0.05) is 42.5 Å². The molecule has 1 atom stereocenters. The summed E-state index contributed by atoms with van der Waals surface area (Å²) in [6.45, 7) is 2.06. The number of imidazole rings is 1. The van der Waals surface area contributed by atoms with Crippen LogP contribution in [0.4, 0.5) is 5.69 Å². The van der Waals surface area contributed by atoms with E-state index in [9.17, 15) is 15.4 Å². The average Bonchev–Trinajstić information content (AvgIpc) is 3.25. The standard InChI is InChI=1S/C26H22N4O3/c1-18-7-3-5-9-22(18)23-13-19(11-12-20(23)14-27)26(25-15-28-17-29(25)2)33-16-21-8-4-6-10-24(21)30(31)32/h3-13,15,17,26H,16H2,1-2H3. The predicted octanol–water partition coefficient (Wildman–Crippen LogP) is 5.48. The maximum absolute atomic E-state index is 11.4. The van der Waals surface area contributed by atoms with Crippen molar-refractivity contribution in [2.24, 2.45) is 7.05 Å². The van der Waals surface area contributed by atoms with Crippen molar-refractivity contribution in [3.8, 4) is 17.2 Å². The van der Waals surface area contributed by atoms with Gasteiger partial charge in [0.05, 0.1) is 46.9 Å². The Kier molecular flexibility index (Phi) is 6.29. The Hall–Kier alpha value is -4.28. The van der Waals surface area contributed by atoms with Crippen molar-refractivity contribution < 1.29 is 9.66 Å². The van der Waals surface area contributed by atoms with Crippen molar-refractivity contribution in [1.29, 1.82) is 5.26 Å². The Morgan fingerprint density at radius 3 is 2.58 bits per heavy atom. The van der Waals surface area contributed by atoms with Gasteiger partial charge in [-0.05, 0) is 41.8 Å². The average molecular weight is 438 g/mol. The molecule has 33 heavy (non-hydrogen) atoms. The van der Waals surface area contributed by atoms with Crippen LogP contribution in [-0.4, -0.2) is 14.5 Å². The number of hydrogen-bond donors (Lipinski definition) is 0. The van der Waals surface area contributed by atoms with Crippen LogP contribution in [0.2, 0.25) is 0 Å². The van der Waals surface area contributed by atoms with Crippen molar-refractivity contribution in [3.63, 3.8) is 0 Å². The lowest BCUT2D eigenvalue weighted by atomic mass is 9.93. The zero-order valence-electron chi connectivity index (χ0n) is 18.3. The van der Waals surface area contributed by atoms with Crippen LogP contribution in [0.1, 0.15) is 34.1 Å². The monoisotopic (exact) mass is 438 g/mol. The first-order valence-electron chi connectivity index (χ1n) is 10.4. The molecule has 7 nitrogen and oxygen atoms in total. The molecule has 1 aromatic heterocycles. The van der Waals surface area contributed by atoms with Crippen LogP contribution in [0.15, 0.2) is 79.3 Å². The van der Waals surface area contributed by atoms with Crippen LogP contribution in [0.25, 0.3) is 11.1 Å². The Balaban J connectivity index is 1.77. The highest BCUT2D eigenvalue weighted by molar-refractivity contribution is 5.74. The van der Waals surface area contributed by atoms with Crippen LogP contribution in [-0.2, 0) is 18.4 Å². The molecule has 0 spiro atoms. The lowest BCUT2D eigenvalue weighted by Crippen LogP contribution is -2.11. The van der Waals surface area contributed by atoms with E-state index in [1.807, 2.05) is 54.9 Å². The number of benzene rings is 3. The van der Waals surface area contributed by atoms with Gasteiger partial charge in [0, 0.05) is 18.7 Å². The summed E-state index contributed by atoms with van der Waals surface area (Å²) < 4.78 is 8.13. The Morgan fingerprint density at radius 2 is 1.88 bits per heavy atom. The third kappa shape index (κ3) is 4.52. The zero-order valence-corrected chi connectivity index (χ0v) is 18.3. The maximum Gasteiger partial charge on any atom is 0.274 e. The smallest absolute Gasteiger partial charge is 0.274 e. The third-order valence-electron chi connectivity index (χ3n) is 5.62. The van der Waals surface area contributed by atoms with E-state index >= 15 is 0 Å². The van der Waals surface area contributed by atoms with E-state index in [0.717, 1.165) is 27.9 Å². The summed E-state index contributed by atoms with van der Waals surface area (Å²) in [5.74, 6) is 0. The first-order chi connectivity index (χ1) is 16.0. The minimum absolute atomic E-state index is 0.0154. The van der Waals surface area contributed by atoms with Crippen LogP contribution in [0.3, 0.4) is 0 Å². The normalized spacial score (nSPS) is 11.7.